The molecule has 1 aliphatic heterocycles. The van der Waals surface area contributed by atoms with Gasteiger partial charge in [0.2, 0.25) is 0 Å². The molecule has 7 unspecified atom stereocenters. The van der Waals surface area contributed by atoms with Gasteiger partial charge in [-0.25, -0.2) is 4.39 Å². The van der Waals surface area contributed by atoms with E-state index >= 15 is 0 Å². The number of alkyl halides is 1. The lowest BCUT2D eigenvalue weighted by atomic mass is 9.78. The number of allylic oxidation sites excluding steroid dienone is 2. The molecule has 0 bridgehead atoms. The largest absolute Gasteiger partial charge is 0.310 e. The zero-order valence-corrected chi connectivity index (χ0v) is 14.8. The number of aldehydes is 1. The minimum Gasteiger partial charge on any atom is -0.310 e. The summed E-state index contributed by atoms with van der Waals surface area (Å²) in [6.45, 7) is 6.98. The van der Waals surface area contributed by atoms with Crippen LogP contribution < -0.4 is 16.4 Å². The van der Waals surface area contributed by atoms with Crippen LogP contribution in [0.25, 0.3) is 0 Å². The maximum Gasteiger partial charge on any atom is 0.151 e. The van der Waals surface area contributed by atoms with E-state index in [0.717, 1.165) is 13.0 Å². The predicted molar refractivity (Wildman–Crippen MR) is 96.1 cm³/mol. The van der Waals surface area contributed by atoms with Gasteiger partial charge in [-0.05, 0) is 36.7 Å². The third-order valence-electron chi connectivity index (χ3n) is 5.01. The van der Waals surface area contributed by atoms with E-state index in [1.54, 1.807) is 6.08 Å². The van der Waals surface area contributed by atoms with Crippen molar-refractivity contribution in [2.24, 2.45) is 23.5 Å². The Bertz CT molecular complexity index is 517. The molecule has 1 aliphatic carbocycles. The molecule has 4 N–H and O–H groups in total. The average Bonchev–Trinajstić information content (AvgIpc) is 3.04. The van der Waals surface area contributed by atoms with Crippen LogP contribution in [-0.4, -0.2) is 37.3 Å². The van der Waals surface area contributed by atoms with Crippen LogP contribution in [0.4, 0.5) is 4.39 Å². The Morgan fingerprint density at radius 3 is 2.79 bits per heavy atom. The lowest BCUT2D eigenvalue weighted by molar-refractivity contribution is -0.109. The molecular weight excluding hydrogens is 305 g/mol. The van der Waals surface area contributed by atoms with Crippen LogP contribution in [0.2, 0.25) is 0 Å². The maximum absolute atomic E-state index is 13.7. The molecule has 24 heavy (non-hydrogen) atoms. The number of nitrogens with one attached hydrogen (secondary N) is 2. The second-order valence-electron chi connectivity index (χ2n) is 7.09. The summed E-state index contributed by atoms with van der Waals surface area (Å²) in [6.07, 6.45) is 10.3. The molecule has 0 aromatic carbocycles. The van der Waals surface area contributed by atoms with Gasteiger partial charge >= 0.3 is 0 Å². The third kappa shape index (κ3) is 4.85. The van der Waals surface area contributed by atoms with Gasteiger partial charge in [0.25, 0.3) is 0 Å². The quantitative estimate of drug-likeness (QED) is 0.379. The predicted octanol–water partition coefficient (Wildman–Crippen LogP) is 2.09. The molecule has 0 saturated heterocycles. The molecule has 7 atom stereocenters. The SMILES string of the molecule is CC(/C=C\C(C)C1=CCNC1C1C=CC(F)C(C)C1)NC(N)C=O. The Balaban J connectivity index is 1.97. The first-order valence-corrected chi connectivity index (χ1v) is 8.83. The lowest BCUT2D eigenvalue weighted by Crippen LogP contribution is -2.43. The molecule has 0 amide bonds. The van der Waals surface area contributed by atoms with E-state index in [-0.39, 0.29) is 23.9 Å². The number of carbonyl (C=O) groups excluding carboxylic acids is 1. The number of nitrogens with two attached hydrogens (primary N) is 1. The molecule has 0 radical (unpaired) electrons. The minimum absolute atomic E-state index is 0.0305. The second-order valence-corrected chi connectivity index (χ2v) is 7.09. The lowest BCUT2D eigenvalue weighted by Gasteiger charge is -2.32. The molecule has 5 heteroatoms. The van der Waals surface area contributed by atoms with Gasteiger partial charge < -0.3 is 15.8 Å². The van der Waals surface area contributed by atoms with Gasteiger partial charge in [-0.3, -0.25) is 5.32 Å². The molecule has 2 aliphatic rings. The first kappa shape index (κ1) is 19.0. The number of hydrogen-bond acceptors (Lipinski definition) is 4. The molecule has 0 fully saturated rings. The summed E-state index contributed by atoms with van der Waals surface area (Å²) in [5.74, 6) is 0.702. The molecule has 134 valence electrons. The number of halogens is 1. The van der Waals surface area contributed by atoms with Crippen LogP contribution in [-0.2, 0) is 4.79 Å². The summed E-state index contributed by atoms with van der Waals surface area (Å²) in [4.78, 5) is 10.6. The number of rotatable bonds is 7. The number of carbonyl (C=O) groups is 1. The van der Waals surface area contributed by atoms with Crippen molar-refractivity contribution in [1.29, 1.82) is 0 Å². The van der Waals surface area contributed by atoms with Gasteiger partial charge in [0.1, 0.15) is 12.3 Å². The summed E-state index contributed by atoms with van der Waals surface area (Å²) >= 11 is 0. The van der Waals surface area contributed by atoms with Gasteiger partial charge in [-0.2, -0.15) is 0 Å². The minimum atomic E-state index is -0.818. The first-order valence-electron chi connectivity index (χ1n) is 8.83. The molecular formula is C19H30FN3O. The Kier molecular flexibility index (Phi) is 6.90. The standard InChI is InChI=1S/C19H30FN3O/c1-12(4-5-14(3)23-18(21)11-24)16-8-9-22-19(16)15-6-7-17(20)13(2)10-15/h4-8,11-15,17-19,22-23H,9-10,21H2,1-3H3/b5-4-. The zero-order valence-electron chi connectivity index (χ0n) is 14.8. The highest BCUT2D eigenvalue weighted by molar-refractivity contribution is 5.56. The fourth-order valence-corrected chi connectivity index (χ4v) is 3.58. The molecule has 4 nitrogen and oxygen atoms in total. The molecule has 0 aromatic heterocycles. The summed E-state index contributed by atoms with van der Waals surface area (Å²) in [5, 5.41) is 6.54. The maximum atomic E-state index is 13.7. The van der Waals surface area contributed by atoms with Crippen molar-refractivity contribution in [1.82, 2.24) is 10.6 Å². The van der Waals surface area contributed by atoms with Crippen LogP contribution in [0.1, 0.15) is 27.2 Å². The fraction of sp³-hybridized carbons (Fsp3) is 0.632. The van der Waals surface area contributed by atoms with Crippen molar-refractivity contribution >= 4 is 6.29 Å². The van der Waals surface area contributed by atoms with Crippen molar-refractivity contribution in [3.8, 4) is 0 Å². The van der Waals surface area contributed by atoms with Crippen LogP contribution in [0.15, 0.2) is 36.0 Å². The van der Waals surface area contributed by atoms with Gasteiger partial charge in [0.05, 0.1) is 0 Å². The van der Waals surface area contributed by atoms with E-state index in [0.29, 0.717) is 12.2 Å². The van der Waals surface area contributed by atoms with Crippen molar-refractivity contribution in [3.63, 3.8) is 0 Å². The summed E-state index contributed by atoms with van der Waals surface area (Å²) in [6, 6.07) is 0.305. The van der Waals surface area contributed by atoms with Crippen molar-refractivity contribution < 1.29 is 9.18 Å². The molecule has 2 rings (SSSR count). The summed E-state index contributed by atoms with van der Waals surface area (Å²) < 4.78 is 13.7. The smallest absolute Gasteiger partial charge is 0.151 e. The second kappa shape index (κ2) is 8.70. The van der Waals surface area contributed by atoms with Crippen molar-refractivity contribution in [2.45, 2.75) is 51.6 Å². The van der Waals surface area contributed by atoms with Crippen molar-refractivity contribution in [3.05, 3.63) is 36.0 Å². The van der Waals surface area contributed by atoms with Gasteiger partial charge in [-0.1, -0.05) is 44.2 Å². The summed E-state index contributed by atoms with van der Waals surface area (Å²) in [7, 11) is 0. The van der Waals surface area contributed by atoms with E-state index in [1.165, 1.54) is 5.57 Å². The molecule has 0 spiro atoms. The third-order valence-corrected chi connectivity index (χ3v) is 5.01. The molecule has 0 aromatic rings. The Morgan fingerprint density at radius 2 is 2.12 bits per heavy atom. The summed E-state index contributed by atoms with van der Waals surface area (Å²) in [5.41, 5.74) is 6.93. The highest BCUT2D eigenvalue weighted by Crippen LogP contribution is 2.34. The van der Waals surface area contributed by atoms with E-state index < -0.39 is 12.3 Å². The molecule has 1 heterocycles. The van der Waals surface area contributed by atoms with Crippen LogP contribution in [0, 0.1) is 17.8 Å². The highest BCUT2D eigenvalue weighted by atomic mass is 19.1. The topological polar surface area (TPSA) is 67.2 Å². The Labute approximate surface area is 144 Å². The average molecular weight is 335 g/mol. The van der Waals surface area contributed by atoms with E-state index in [2.05, 4.69) is 29.7 Å². The van der Waals surface area contributed by atoms with Gasteiger partial charge in [0, 0.05) is 18.6 Å². The zero-order chi connectivity index (χ0) is 17.7. The van der Waals surface area contributed by atoms with Crippen LogP contribution in [0.5, 0.6) is 0 Å². The molecule has 0 saturated carbocycles. The van der Waals surface area contributed by atoms with E-state index in [4.69, 9.17) is 5.73 Å². The Morgan fingerprint density at radius 1 is 1.38 bits per heavy atom. The van der Waals surface area contributed by atoms with E-state index in [1.807, 2.05) is 26.0 Å². The Hall–Kier alpha value is -1.30. The monoisotopic (exact) mass is 335 g/mol. The normalized spacial score (nSPS) is 34.1. The fourth-order valence-electron chi connectivity index (χ4n) is 3.58. The number of hydrogen-bond donors (Lipinski definition) is 3. The first-order chi connectivity index (χ1) is 11.4. The van der Waals surface area contributed by atoms with Crippen molar-refractivity contribution in [2.75, 3.05) is 6.54 Å². The van der Waals surface area contributed by atoms with Gasteiger partial charge in [0.15, 0.2) is 6.29 Å². The van der Waals surface area contributed by atoms with E-state index in [9.17, 15) is 9.18 Å². The highest BCUT2D eigenvalue weighted by Gasteiger charge is 2.32. The van der Waals surface area contributed by atoms with Crippen LogP contribution in [0.3, 0.4) is 0 Å². The van der Waals surface area contributed by atoms with Crippen LogP contribution >= 0.6 is 0 Å². The van der Waals surface area contributed by atoms with Gasteiger partial charge in [-0.15, -0.1) is 0 Å².